The molecular weight excluding hydrogens is 310 g/mol. The lowest BCUT2D eigenvalue weighted by Crippen LogP contribution is -2.18. The zero-order chi connectivity index (χ0) is 17.1. The Morgan fingerprint density at radius 3 is 1.57 bits per heavy atom. The molecule has 23 heavy (non-hydrogen) atoms. The summed E-state index contributed by atoms with van der Waals surface area (Å²) in [4.78, 5) is 0. The Morgan fingerprint density at radius 2 is 1.22 bits per heavy atom. The van der Waals surface area contributed by atoms with Crippen molar-refractivity contribution in [2.45, 2.75) is 26.2 Å². The number of hydrogen-bond donors (Lipinski definition) is 3. The Bertz CT molecular complexity index is 544. The molecule has 0 atom stereocenters. The van der Waals surface area contributed by atoms with E-state index in [0.29, 0.717) is 0 Å². The van der Waals surface area contributed by atoms with Crippen LogP contribution in [0.5, 0.6) is 0 Å². The quantitative estimate of drug-likeness (QED) is 0.430. The summed E-state index contributed by atoms with van der Waals surface area (Å²) >= 11 is 0. The summed E-state index contributed by atoms with van der Waals surface area (Å²) in [5, 5.41) is 23.5. The van der Waals surface area contributed by atoms with Crippen molar-refractivity contribution in [1.82, 2.24) is 0 Å². The van der Waals surface area contributed by atoms with Crippen LogP contribution in [-0.4, -0.2) is 28.6 Å². The molecule has 0 fully saturated rings. The number of unbranched alkanes of at least 4 members (excludes halogenated alkanes) is 2. The molecule has 4 nitrogen and oxygen atoms in total. The third-order valence-electron chi connectivity index (χ3n) is 3.42. The van der Waals surface area contributed by atoms with Crippen LogP contribution in [0.3, 0.4) is 0 Å². The van der Waals surface area contributed by atoms with Gasteiger partial charge in [-0.3, -0.25) is 0 Å². The second kappa shape index (κ2) is 10.4. The Kier molecular flexibility index (Phi) is 8.89. The molecule has 0 bridgehead atoms. The van der Waals surface area contributed by atoms with Crippen molar-refractivity contribution < 1.29 is 19.6 Å². The van der Waals surface area contributed by atoms with Gasteiger partial charge in [0, 0.05) is 16.8 Å². The minimum absolute atomic E-state index is 0.773. The highest BCUT2D eigenvalue weighted by Crippen LogP contribution is 2.44. The van der Waals surface area contributed by atoms with Crippen LogP contribution in [0.4, 0.5) is 0 Å². The van der Waals surface area contributed by atoms with Crippen molar-refractivity contribution in [2.24, 2.45) is 0 Å². The van der Waals surface area contributed by atoms with E-state index in [4.69, 9.17) is 15.1 Å². The van der Waals surface area contributed by atoms with E-state index in [2.05, 4.69) is 6.92 Å². The molecule has 0 radical (unpaired) electrons. The van der Waals surface area contributed by atoms with Crippen molar-refractivity contribution in [3.8, 4) is 0 Å². The van der Waals surface area contributed by atoms with E-state index in [1.807, 2.05) is 60.7 Å². The van der Waals surface area contributed by atoms with Gasteiger partial charge < -0.3 is 19.6 Å². The van der Waals surface area contributed by atoms with Crippen LogP contribution in [0.25, 0.3) is 0 Å². The van der Waals surface area contributed by atoms with Crippen LogP contribution in [0, 0.1) is 0 Å². The summed E-state index contributed by atoms with van der Waals surface area (Å²) in [5.41, 5.74) is 0. The third-order valence-corrected chi connectivity index (χ3v) is 6.63. The van der Waals surface area contributed by atoms with Gasteiger partial charge in [0.05, 0.1) is 0 Å². The molecule has 0 aliphatic rings. The summed E-state index contributed by atoms with van der Waals surface area (Å²) in [6.45, 7) is 2.18. The molecule has 2 rings (SSSR count). The maximum Gasteiger partial charge on any atom is 0.631 e. The van der Waals surface area contributed by atoms with Crippen LogP contribution in [0.15, 0.2) is 60.7 Å². The highest BCUT2D eigenvalue weighted by Gasteiger charge is 2.25. The van der Waals surface area contributed by atoms with Crippen LogP contribution in [-0.2, 0) is 4.57 Å². The zero-order valence-corrected chi connectivity index (χ0v) is 14.3. The predicted molar refractivity (Wildman–Crippen MR) is 96.6 cm³/mol. The summed E-state index contributed by atoms with van der Waals surface area (Å²) in [7, 11) is -4.62. The van der Waals surface area contributed by atoms with Gasteiger partial charge >= 0.3 is 7.32 Å². The van der Waals surface area contributed by atoms with Gasteiger partial charge in [-0.15, -0.1) is 0 Å². The predicted octanol–water partition coefficient (Wildman–Crippen LogP) is 2.14. The highest BCUT2D eigenvalue weighted by molar-refractivity contribution is 7.78. The lowest BCUT2D eigenvalue weighted by atomic mass is 10.3. The van der Waals surface area contributed by atoms with E-state index < -0.39 is 14.5 Å². The van der Waals surface area contributed by atoms with Gasteiger partial charge in [-0.05, 0) is 6.42 Å². The molecule has 2 aromatic rings. The van der Waals surface area contributed by atoms with Crippen molar-refractivity contribution in [2.75, 3.05) is 6.16 Å². The van der Waals surface area contributed by atoms with E-state index in [-0.39, 0.29) is 0 Å². The van der Waals surface area contributed by atoms with Gasteiger partial charge in [0.1, 0.15) is 7.14 Å². The summed E-state index contributed by atoms with van der Waals surface area (Å²) in [5.74, 6) is 0. The molecule has 3 N–H and O–H groups in total. The van der Waals surface area contributed by atoms with Crippen LogP contribution >= 0.6 is 7.14 Å². The molecule has 0 amide bonds. The highest BCUT2D eigenvalue weighted by atomic mass is 31.2. The average Bonchev–Trinajstić information content (AvgIpc) is 2.56. The first kappa shape index (κ1) is 19.7. The molecule has 0 saturated carbocycles. The molecule has 0 aromatic heterocycles. The van der Waals surface area contributed by atoms with E-state index >= 15 is 0 Å². The van der Waals surface area contributed by atoms with Crippen molar-refractivity contribution in [3.63, 3.8) is 0 Å². The average molecular weight is 334 g/mol. The minimum atomic E-state index is -2.45. The SMILES string of the molecule is CCCCCP(=O)(c1ccccc1)c1ccccc1.OB(O)O. The number of rotatable bonds is 6. The summed E-state index contributed by atoms with van der Waals surface area (Å²) < 4.78 is 13.5. The van der Waals surface area contributed by atoms with Crippen molar-refractivity contribution in [1.29, 1.82) is 0 Å². The third kappa shape index (κ3) is 6.72. The molecule has 0 heterocycles. The van der Waals surface area contributed by atoms with E-state index in [1.54, 1.807) is 0 Å². The first-order chi connectivity index (χ1) is 11.0. The van der Waals surface area contributed by atoms with Crippen molar-refractivity contribution in [3.05, 3.63) is 60.7 Å². The molecule has 0 saturated heterocycles. The largest absolute Gasteiger partial charge is 0.631 e. The Balaban J connectivity index is 0.000000593. The standard InChI is InChI=1S/C17H21OP.BH3O3/c1-2-3-10-15-19(18,16-11-6-4-7-12-16)17-13-8-5-9-14-17;2-1(3)4/h4-9,11-14H,2-3,10,15H2,1H3;2-4H. The minimum Gasteiger partial charge on any atom is -0.402 e. The summed E-state index contributed by atoms with van der Waals surface area (Å²) in [6.07, 6.45) is 4.10. The van der Waals surface area contributed by atoms with Crippen LogP contribution in [0.1, 0.15) is 26.2 Å². The second-order valence-corrected chi connectivity index (χ2v) is 8.15. The zero-order valence-electron chi connectivity index (χ0n) is 13.4. The van der Waals surface area contributed by atoms with Crippen LogP contribution in [0.2, 0.25) is 0 Å². The van der Waals surface area contributed by atoms with Crippen molar-refractivity contribution >= 4 is 25.1 Å². The van der Waals surface area contributed by atoms with E-state index in [9.17, 15) is 4.57 Å². The monoisotopic (exact) mass is 334 g/mol. The van der Waals surface area contributed by atoms with Gasteiger partial charge in [-0.25, -0.2) is 0 Å². The normalized spacial score (nSPS) is 10.6. The Morgan fingerprint density at radius 1 is 0.826 bits per heavy atom. The van der Waals surface area contributed by atoms with Gasteiger partial charge in [0.25, 0.3) is 0 Å². The molecule has 6 heteroatoms. The van der Waals surface area contributed by atoms with Gasteiger partial charge in [0.2, 0.25) is 0 Å². The van der Waals surface area contributed by atoms with Gasteiger partial charge in [-0.1, -0.05) is 80.4 Å². The van der Waals surface area contributed by atoms with Gasteiger partial charge in [-0.2, -0.15) is 0 Å². The molecule has 0 spiro atoms. The first-order valence-electron chi connectivity index (χ1n) is 7.75. The fourth-order valence-electron chi connectivity index (χ4n) is 2.33. The summed E-state index contributed by atoms with van der Waals surface area (Å²) in [6, 6.07) is 19.9. The second-order valence-electron chi connectivity index (χ2n) is 5.19. The molecule has 0 aliphatic heterocycles. The number of benzene rings is 2. The number of hydrogen-bond acceptors (Lipinski definition) is 4. The first-order valence-corrected chi connectivity index (χ1v) is 9.64. The topological polar surface area (TPSA) is 77.8 Å². The smallest absolute Gasteiger partial charge is 0.402 e. The van der Waals surface area contributed by atoms with E-state index in [1.165, 1.54) is 0 Å². The lowest BCUT2D eigenvalue weighted by molar-refractivity contribution is 0.278. The Labute approximate surface area is 138 Å². The maximum absolute atomic E-state index is 13.5. The molecule has 124 valence electrons. The maximum atomic E-state index is 13.5. The lowest BCUT2D eigenvalue weighted by Gasteiger charge is -2.19. The van der Waals surface area contributed by atoms with E-state index in [0.717, 1.165) is 36.0 Å². The molecule has 0 aliphatic carbocycles. The Hall–Kier alpha value is -1.39. The van der Waals surface area contributed by atoms with Crippen LogP contribution < -0.4 is 10.6 Å². The molecule has 2 aromatic carbocycles. The van der Waals surface area contributed by atoms with Gasteiger partial charge in [0.15, 0.2) is 0 Å². The molecule has 0 unspecified atom stereocenters. The fourth-order valence-corrected chi connectivity index (χ4v) is 5.12. The molecular formula is C17H24BO4P. The fraction of sp³-hybridized carbons (Fsp3) is 0.294.